The Labute approximate surface area is 131 Å². The van der Waals surface area contributed by atoms with Gasteiger partial charge in [0.05, 0.1) is 12.6 Å². The summed E-state index contributed by atoms with van der Waals surface area (Å²) in [5.41, 5.74) is 7.85. The minimum atomic E-state index is 0.114. The topological polar surface area (TPSA) is 76.6 Å². The summed E-state index contributed by atoms with van der Waals surface area (Å²) < 4.78 is 5.52. The predicted molar refractivity (Wildman–Crippen MR) is 87.3 cm³/mol. The third-order valence-corrected chi connectivity index (χ3v) is 4.00. The fourth-order valence-electron chi connectivity index (χ4n) is 2.90. The van der Waals surface area contributed by atoms with E-state index in [1.165, 1.54) is 5.71 Å². The molecule has 2 N–H and O–H groups in total. The van der Waals surface area contributed by atoms with Crippen LogP contribution >= 0.6 is 0 Å². The molecular weight excluding hydrogens is 278 g/mol. The first-order valence-corrected chi connectivity index (χ1v) is 7.87. The summed E-state index contributed by atoms with van der Waals surface area (Å²) in [6.07, 6.45) is 4.31. The van der Waals surface area contributed by atoms with E-state index in [2.05, 4.69) is 20.1 Å². The lowest BCUT2D eigenvalue weighted by Gasteiger charge is -2.32. The van der Waals surface area contributed by atoms with Crippen LogP contribution in [0.15, 0.2) is 28.9 Å². The van der Waals surface area contributed by atoms with Crippen molar-refractivity contribution >= 4 is 11.5 Å². The number of ether oxygens (including phenoxy) is 1. The van der Waals surface area contributed by atoms with Gasteiger partial charge in [0.1, 0.15) is 0 Å². The number of allylic oxidation sites excluding steroid dienone is 1. The highest BCUT2D eigenvalue weighted by molar-refractivity contribution is 5.99. The van der Waals surface area contributed by atoms with E-state index in [-0.39, 0.29) is 6.10 Å². The third-order valence-electron chi connectivity index (χ3n) is 4.00. The fraction of sp³-hybridized carbons (Fsp3) is 0.562. The van der Waals surface area contributed by atoms with Gasteiger partial charge in [-0.3, -0.25) is 4.99 Å². The summed E-state index contributed by atoms with van der Waals surface area (Å²) in [6.45, 7) is 6.56. The highest BCUT2D eigenvalue weighted by Crippen LogP contribution is 2.25. The molecule has 3 rings (SSSR count). The van der Waals surface area contributed by atoms with Gasteiger partial charge in [0.15, 0.2) is 5.82 Å². The third kappa shape index (κ3) is 3.37. The Hall–Kier alpha value is -2.11. The second-order valence-electron chi connectivity index (χ2n) is 6.12. The number of hydrogen-bond acceptors (Lipinski definition) is 6. The van der Waals surface area contributed by atoms with Crippen molar-refractivity contribution in [3.8, 4) is 5.88 Å². The highest BCUT2D eigenvalue weighted by atomic mass is 16.5. The van der Waals surface area contributed by atoms with E-state index < -0.39 is 0 Å². The molecule has 0 atom stereocenters. The number of aromatic nitrogens is 2. The molecule has 6 heteroatoms. The summed E-state index contributed by atoms with van der Waals surface area (Å²) in [7, 11) is 0. The Morgan fingerprint density at radius 3 is 2.55 bits per heavy atom. The molecule has 2 aliphatic heterocycles. The van der Waals surface area contributed by atoms with Crippen molar-refractivity contribution in [1.82, 2.24) is 10.2 Å². The van der Waals surface area contributed by atoms with Crippen molar-refractivity contribution in [3.05, 3.63) is 23.9 Å². The molecule has 0 radical (unpaired) electrons. The van der Waals surface area contributed by atoms with Crippen LogP contribution in [0.3, 0.4) is 0 Å². The number of rotatable bonds is 4. The van der Waals surface area contributed by atoms with Gasteiger partial charge in [0, 0.05) is 36.5 Å². The zero-order chi connectivity index (χ0) is 15.5. The van der Waals surface area contributed by atoms with Gasteiger partial charge >= 0.3 is 0 Å². The van der Waals surface area contributed by atoms with Crippen LogP contribution < -0.4 is 15.4 Å². The van der Waals surface area contributed by atoms with Crippen LogP contribution in [0.1, 0.15) is 26.7 Å². The Kier molecular flexibility index (Phi) is 4.27. The molecule has 1 saturated heterocycles. The second-order valence-corrected chi connectivity index (χ2v) is 6.12. The molecule has 0 spiro atoms. The molecule has 0 saturated carbocycles. The maximum atomic E-state index is 5.80. The summed E-state index contributed by atoms with van der Waals surface area (Å²) in [5, 5.41) is 8.42. The van der Waals surface area contributed by atoms with Crippen LogP contribution in [-0.2, 0) is 0 Å². The molecule has 6 nitrogen and oxygen atoms in total. The fourth-order valence-corrected chi connectivity index (χ4v) is 2.90. The number of piperidine rings is 1. The van der Waals surface area contributed by atoms with Gasteiger partial charge in [-0.1, -0.05) is 0 Å². The molecule has 118 valence electrons. The lowest BCUT2D eigenvalue weighted by Crippen LogP contribution is -2.36. The van der Waals surface area contributed by atoms with Crippen LogP contribution in [0.5, 0.6) is 5.88 Å². The lowest BCUT2D eigenvalue weighted by atomic mass is 9.92. The molecule has 22 heavy (non-hydrogen) atoms. The van der Waals surface area contributed by atoms with E-state index in [9.17, 15) is 0 Å². The zero-order valence-electron chi connectivity index (χ0n) is 13.2. The molecule has 1 fully saturated rings. The Morgan fingerprint density at radius 2 is 2.00 bits per heavy atom. The van der Waals surface area contributed by atoms with Crippen molar-refractivity contribution in [2.45, 2.75) is 32.8 Å². The highest BCUT2D eigenvalue weighted by Gasteiger charge is 2.24. The van der Waals surface area contributed by atoms with E-state index in [0.29, 0.717) is 18.3 Å². The van der Waals surface area contributed by atoms with Gasteiger partial charge in [-0.05, 0) is 38.8 Å². The van der Waals surface area contributed by atoms with Crippen molar-refractivity contribution in [3.63, 3.8) is 0 Å². The monoisotopic (exact) mass is 301 g/mol. The summed E-state index contributed by atoms with van der Waals surface area (Å²) in [6, 6.07) is 3.87. The van der Waals surface area contributed by atoms with Crippen LogP contribution in [-0.4, -0.2) is 41.6 Å². The Balaban J connectivity index is 1.57. The first-order valence-electron chi connectivity index (χ1n) is 7.87. The molecule has 1 aromatic rings. The average Bonchev–Trinajstić information content (AvgIpc) is 2.94. The lowest BCUT2D eigenvalue weighted by molar-refractivity contribution is 0.230. The maximum absolute atomic E-state index is 5.80. The van der Waals surface area contributed by atoms with E-state index in [0.717, 1.165) is 37.4 Å². The van der Waals surface area contributed by atoms with Gasteiger partial charge in [0.25, 0.3) is 0 Å². The van der Waals surface area contributed by atoms with Crippen molar-refractivity contribution in [2.75, 3.05) is 24.5 Å². The van der Waals surface area contributed by atoms with Crippen LogP contribution in [0, 0.1) is 5.92 Å². The van der Waals surface area contributed by atoms with Crippen molar-refractivity contribution in [1.29, 1.82) is 0 Å². The van der Waals surface area contributed by atoms with E-state index in [1.54, 1.807) is 0 Å². The van der Waals surface area contributed by atoms with Crippen LogP contribution in [0.4, 0.5) is 5.82 Å². The molecule has 0 aromatic carbocycles. The summed E-state index contributed by atoms with van der Waals surface area (Å²) in [4.78, 5) is 6.78. The summed E-state index contributed by atoms with van der Waals surface area (Å²) in [5.74, 6) is 2.02. The van der Waals surface area contributed by atoms with Gasteiger partial charge in [-0.15, -0.1) is 10.2 Å². The van der Waals surface area contributed by atoms with Crippen LogP contribution in [0.25, 0.3) is 0 Å². The summed E-state index contributed by atoms with van der Waals surface area (Å²) >= 11 is 0. The number of nitrogens with two attached hydrogens (primary N) is 1. The normalized spacial score (nSPS) is 19.3. The number of anilines is 1. The van der Waals surface area contributed by atoms with Gasteiger partial charge in [-0.2, -0.15) is 0 Å². The standard InChI is InChI=1S/C16H23N5O/c1-11(2)22-16-4-3-15(19-20-16)21-7-5-12(6-8-21)14-9-13(17)10-18-14/h3-4,9,11-12H,5-8,10,17H2,1-2H3. The average molecular weight is 301 g/mol. The molecule has 0 amide bonds. The predicted octanol–water partition coefficient (Wildman–Crippen LogP) is 1.78. The number of hydrogen-bond donors (Lipinski definition) is 1. The van der Waals surface area contributed by atoms with E-state index in [1.807, 2.05) is 32.1 Å². The minimum Gasteiger partial charge on any atom is -0.474 e. The molecule has 0 unspecified atom stereocenters. The SMILES string of the molecule is CC(C)Oc1ccc(N2CCC(C3=NCC(N)=C3)CC2)nn1. The molecule has 0 bridgehead atoms. The Bertz CT molecular complexity index is 571. The van der Waals surface area contributed by atoms with Crippen molar-refractivity contribution in [2.24, 2.45) is 16.6 Å². The zero-order valence-corrected chi connectivity index (χ0v) is 13.2. The first kappa shape index (κ1) is 14.8. The molecular formula is C16H23N5O. The quantitative estimate of drug-likeness (QED) is 0.917. The number of nitrogens with zero attached hydrogens (tertiary/aromatic N) is 4. The van der Waals surface area contributed by atoms with Gasteiger partial charge in [-0.25, -0.2) is 0 Å². The van der Waals surface area contributed by atoms with E-state index >= 15 is 0 Å². The molecule has 0 aliphatic carbocycles. The molecule has 2 aliphatic rings. The second kappa shape index (κ2) is 6.34. The van der Waals surface area contributed by atoms with E-state index in [4.69, 9.17) is 10.5 Å². The first-order chi connectivity index (χ1) is 10.6. The van der Waals surface area contributed by atoms with Gasteiger partial charge < -0.3 is 15.4 Å². The van der Waals surface area contributed by atoms with Crippen LogP contribution in [0.2, 0.25) is 0 Å². The minimum absolute atomic E-state index is 0.114. The smallest absolute Gasteiger partial charge is 0.233 e. The molecule has 1 aromatic heterocycles. The Morgan fingerprint density at radius 1 is 1.23 bits per heavy atom. The largest absolute Gasteiger partial charge is 0.474 e. The number of aliphatic imine (C=N–C) groups is 1. The van der Waals surface area contributed by atoms with Gasteiger partial charge in [0.2, 0.25) is 5.88 Å². The van der Waals surface area contributed by atoms with Crippen molar-refractivity contribution < 1.29 is 4.74 Å². The molecule has 3 heterocycles. The maximum Gasteiger partial charge on any atom is 0.233 e.